The van der Waals surface area contributed by atoms with E-state index in [4.69, 9.17) is 4.74 Å². The Hall–Kier alpha value is -2.15. The molecule has 0 spiro atoms. The summed E-state index contributed by atoms with van der Waals surface area (Å²) in [5.41, 5.74) is 0.978. The highest BCUT2D eigenvalue weighted by Crippen LogP contribution is 2.21. The summed E-state index contributed by atoms with van der Waals surface area (Å²) in [5.74, 6) is -0.0418. The van der Waals surface area contributed by atoms with Crippen molar-refractivity contribution in [3.05, 3.63) is 29.6 Å². The van der Waals surface area contributed by atoms with Crippen LogP contribution in [0.1, 0.15) is 43.7 Å². The number of piperazine rings is 1. The normalized spacial score (nSPS) is 23.6. The minimum Gasteiger partial charge on any atom is -0.444 e. The molecule has 7 heteroatoms. The third kappa shape index (κ3) is 3.92. The van der Waals surface area contributed by atoms with E-state index < -0.39 is 5.60 Å². The molecule has 2 aliphatic rings. The Morgan fingerprint density at radius 3 is 2.88 bits per heavy atom. The lowest BCUT2D eigenvalue weighted by molar-refractivity contribution is 0.00817. The van der Waals surface area contributed by atoms with Crippen LogP contribution in [0.25, 0.3) is 0 Å². The van der Waals surface area contributed by atoms with Crippen molar-refractivity contribution in [2.24, 2.45) is 0 Å². The first-order valence-corrected chi connectivity index (χ1v) is 8.71. The number of pyridine rings is 1. The minimum atomic E-state index is -0.518. The van der Waals surface area contributed by atoms with Gasteiger partial charge < -0.3 is 19.9 Å². The van der Waals surface area contributed by atoms with E-state index in [-0.39, 0.29) is 24.1 Å². The lowest BCUT2D eigenvalue weighted by Crippen LogP contribution is -2.60. The van der Waals surface area contributed by atoms with E-state index in [0.29, 0.717) is 31.9 Å². The Morgan fingerprint density at radius 1 is 1.44 bits per heavy atom. The zero-order chi connectivity index (χ0) is 18.2. The van der Waals surface area contributed by atoms with E-state index in [1.807, 2.05) is 39.8 Å². The van der Waals surface area contributed by atoms with Gasteiger partial charge in [-0.3, -0.25) is 9.78 Å². The van der Waals surface area contributed by atoms with E-state index in [1.54, 1.807) is 16.0 Å². The molecule has 0 radical (unpaired) electrons. The summed E-state index contributed by atoms with van der Waals surface area (Å²) in [5, 5.41) is 3.43. The molecule has 1 fully saturated rings. The zero-order valence-electron chi connectivity index (χ0n) is 15.3. The van der Waals surface area contributed by atoms with E-state index in [2.05, 4.69) is 10.3 Å². The Labute approximate surface area is 148 Å². The molecule has 1 N–H and O–H groups in total. The molecule has 2 aliphatic heterocycles. The van der Waals surface area contributed by atoms with Crippen molar-refractivity contribution in [3.8, 4) is 0 Å². The summed E-state index contributed by atoms with van der Waals surface area (Å²) < 4.78 is 5.51. The maximum absolute atomic E-state index is 12.5. The van der Waals surface area contributed by atoms with Gasteiger partial charge in [0.25, 0.3) is 5.91 Å². The molecular weight excluding hydrogens is 320 g/mol. The number of ether oxygens (including phenoxy) is 1. The van der Waals surface area contributed by atoms with E-state index in [0.717, 1.165) is 5.56 Å². The number of carbonyl (C=O) groups is 2. The molecule has 0 aromatic carbocycles. The van der Waals surface area contributed by atoms with Crippen LogP contribution < -0.4 is 5.32 Å². The summed E-state index contributed by atoms with van der Waals surface area (Å²) in [4.78, 5) is 32.6. The van der Waals surface area contributed by atoms with Crippen molar-refractivity contribution in [2.75, 3.05) is 19.6 Å². The van der Waals surface area contributed by atoms with Crippen LogP contribution in [0.2, 0.25) is 0 Å². The largest absolute Gasteiger partial charge is 0.444 e. The van der Waals surface area contributed by atoms with Crippen LogP contribution in [0.4, 0.5) is 4.79 Å². The van der Waals surface area contributed by atoms with Crippen LogP contribution in [-0.2, 0) is 11.3 Å². The smallest absolute Gasteiger partial charge is 0.410 e. The molecule has 136 valence electrons. The summed E-state index contributed by atoms with van der Waals surface area (Å²) in [7, 11) is 0. The first kappa shape index (κ1) is 17.7. The zero-order valence-corrected chi connectivity index (χ0v) is 15.3. The second-order valence-corrected chi connectivity index (χ2v) is 7.78. The number of nitrogens with one attached hydrogen (secondary N) is 1. The van der Waals surface area contributed by atoms with Gasteiger partial charge in [0.15, 0.2) is 0 Å². The van der Waals surface area contributed by atoms with Gasteiger partial charge >= 0.3 is 6.09 Å². The lowest BCUT2D eigenvalue weighted by Gasteiger charge is -2.40. The van der Waals surface area contributed by atoms with E-state index in [9.17, 15) is 9.59 Å². The molecule has 1 aromatic heterocycles. The van der Waals surface area contributed by atoms with Crippen molar-refractivity contribution in [1.29, 1.82) is 0 Å². The summed E-state index contributed by atoms with van der Waals surface area (Å²) in [6, 6.07) is 3.85. The fourth-order valence-electron chi connectivity index (χ4n) is 3.23. The van der Waals surface area contributed by atoms with Crippen LogP contribution in [0.5, 0.6) is 0 Å². The summed E-state index contributed by atoms with van der Waals surface area (Å²) >= 11 is 0. The van der Waals surface area contributed by atoms with Crippen molar-refractivity contribution < 1.29 is 14.3 Å². The Bertz CT molecular complexity index is 671. The Kier molecular flexibility index (Phi) is 4.69. The highest BCUT2D eigenvalue weighted by molar-refractivity contribution is 5.96. The molecule has 2 amide bonds. The molecule has 0 aliphatic carbocycles. The number of hydrogen-bond donors (Lipinski definition) is 1. The van der Waals surface area contributed by atoms with Crippen molar-refractivity contribution in [3.63, 3.8) is 0 Å². The predicted octanol–water partition coefficient (Wildman–Crippen LogP) is 1.63. The average molecular weight is 346 g/mol. The first-order chi connectivity index (χ1) is 11.7. The number of nitrogens with zero attached hydrogens (tertiary/aromatic N) is 3. The fraction of sp³-hybridized carbons (Fsp3) is 0.611. The van der Waals surface area contributed by atoms with Gasteiger partial charge in [-0.05, 0) is 33.8 Å². The maximum Gasteiger partial charge on any atom is 0.410 e. The fourth-order valence-corrected chi connectivity index (χ4v) is 3.23. The van der Waals surface area contributed by atoms with Gasteiger partial charge in [-0.1, -0.05) is 6.07 Å². The van der Waals surface area contributed by atoms with Crippen LogP contribution >= 0.6 is 0 Å². The van der Waals surface area contributed by atoms with Gasteiger partial charge in [0.2, 0.25) is 0 Å². The second-order valence-electron chi connectivity index (χ2n) is 7.78. The minimum absolute atomic E-state index is 0.0157. The molecule has 0 unspecified atom stereocenters. The number of carbonyl (C=O) groups excluding carboxylic acids is 2. The molecule has 0 bridgehead atoms. The second kappa shape index (κ2) is 6.63. The van der Waals surface area contributed by atoms with Crippen molar-refractivity contribution >= 4 is 12.0 Å². The molecule has 7 nitrogen and oxygen atoms in total. The molecule has 2 atom stereocenters. The number of amides is 2. The average Bonchev–Trinajstić information content (AvgIpc) is 2.84. The Morgan fingerprint density at radius 2 is 2.20 bits per heavy atom. The number of hydrogen-bond acceptors (Lipinski definition) is 5. The quantitative estimate of drug-likeness (QED) is 0.881. The molecule has 3 rings (SSSR count). The number of rotatable bonds is 2. The molecule has 25 heavy (non-hydrogen) atoms. The van der Waals surface area contributed by atoms with Crippen molar-refractivity contribution in [2.45, 2.75) is 51.9 Å². The van der Waals surface area contributed by atoms with Gasteiger partial charge in [0, 0.05) is 50.0 Å². The standard InChI is InChI=1S/C18H26N4O3/c1-12-8-20-14(11-22(12)17(24)25-18(2,3)4)10-21-9-13-6-5-7-19-15(13)16(21)23/h5-7,12,14,20H,8-11H2,1-4H3/t12-,14+/m1/s1. The lowest BCUT2D eigenvalue weighted by atomic mass is 10.1. The van der Waals surface area contributed by atoms with E-state index >= 15 is 0 Å². The van der Waals surface area contributed by atoms with Gasteiger partial charge in [0.1, 0.15) is 11.3 Å². The van der Waals surface area contributed by atoms with Crippen LogP contribution in [-0.4, -0.2) is 64.1 Å². The molecule has 3 heterocycles. The third-order valence-corrected chi connectivity index (χ3v) is 4.46. The van der Waals surface area contributed by atoms with E-state index in [1.165, 1.54) is 0 Å². The first-order valence-electron chi connectivity index (χ1n) is 8.71. The topological polar surface area (TPSA) is 74.8 Å². The van der Waals surface area contributed by atoms with Crippen LogP contribution in [0, 0.1) is 0 Å². The van der Waals surface area contributed by atoms with Gasteiger partial charge in [-0.2, -0.15) is 0 Å². The summed E-state index contributed by atoms with van der Waals surface area (Å²) in [6.07, 6.45) is 1.34. The van der Waals surface area contributed by atoms with Crippen LogP contribution in [0.3, 0.4) is 0 Å². The van der Waals surface area contributed by atoms with Gasteiger partial charge in [0.05, 0.1) is 0 Å². The van der Waals surface area contributed by atoms with Gasteiger partial charge in [-0.15, -0.1) is 0 Å². The SMILES string of the molecule is C[C@@H]1CN[C@@H](CN2Cc3cccnc3C2=O)CN1C(=O)OC(C)(C)C. The number of fused-ring (bicyclic) bond motifs is 1. The predicted molar refractivity (Wildman–Crippen MR) is 93.2 cm³/mol. The Balaban J connectivity index is 1.63. The monoisotopic (exact) mass is 346 g/mol. The van der Waals surface area contributed by atoms with Crippen molar-refractivity contribution in [1.82, 2.24) is 20.1 Å². The molecule has 0 saturated carbocycles. The molecule has 1 saturated heterocycles. The van der Waals surface area contributed by atoms with Gasteiger partial charge in [-0.25, -0.2) is 4.79 Å². The summed E-state index contributed by atoms with van der Waals surface area (Å²) in [6.45, 7) is 9.89. The molecule has 1 aromatic rings. The highest BCUT2D eigenvalue weighted by atomic mass is 16.6. The van der Waals surface area contributed by atoms with Crippen LogP contribution in [0.15, 0.2) is 18.3 Å². The highest BCUT2D eigenvalue weighted by Gasteiger charge is 2.35. The number of aromatic nitrogens is 1. The molecular formula is C18H26N4O3. The third-order valence-electron chi connectivity index (χ3n) is 4.46. The maximum atomic E-state index is 12.5.